The first-order valence-electron chi connectivity index (χ1n) is 5.75. The minimum absolute atomic E-state index is 0.110. The van der Waals surface area contributed by atoms with Gasteiger partial charge in [-0.1, -0.05) is 6.07 Å². The smallest absolute Gasteiger partial charge is 0.243 e. The van der Waals surface area contributed by atoms with Crippen LogP contribution < -0.4 is 10.5 Å². The number of aromatic nitrogens is 3. The SMILES string of the molecule is Cn1cnc(CNS(=O)(=O)c2ccc(CN)cc2F)n1. The number of hydrogen-bond donors (Lipinski definition) is 2. The van der Waals surface area contributed by atoms with Crippen molar-refractivity contribution in [2.75, 3.05) is 0 Å². The van der Waals surface area contributed by atoms with Gasteiger partial charge in [0, 0.05) is 13.6 Å². The van der Waals surface area contributed by atoms with E-state index < -0.39 is 20.7 Å². The molecule has 0 saturated carbocycles. The lowest BCUT2D eigenvalue weighted by atomic mass is 10.2. The molecule has 1 aromatic carbocycles. The van der Waals surface area contributed by atoms with Crippen molar-refractivity contribution in [2.24, 2.45) is 12.8 Å². The third-order valence-electron chi connectivity index (χ3n) is 2.59. The number of nitrogens with one attached hydrogen (secondary N) is 1. The summed E-state index contributed by atoms with van der Waals surface area (Å²) in [4.78, 5) is 3.45. The summed E-state index contributed by atoms with van der Waals surface area (Å²) in [6.45, 7) is 0.0315. The van der Waals surface area contributed by atoms with E-state index in [4.69, 9.17) is 5.73 Å². The average Bonchev–Trinajstić information content (AvgIpc) is 2.82. The second-order valence-electron chi connectivity index (χ2n) is 4.13. The molecule has 0 saturated heterocycles. The van der Waals surface area contributed by atoms with E-state index in [0.717, 1.165) is 6.07 Å². The van der Waals surface area contributed by atoms with Crippen molar-refractivity contribution in [2.45, 2.75) is 18.0 Å². The molecule has 0 radical (unpaired) electrons. The Balaban J connectivity index is 2.18. The first kappa shape index (κ1) is 14.6. The molecule has 7 nitrogen and oxygen atoms in total. The van der Waals surface area contributed by atoms with Gasteiger partial charge in [0.05, 0.1) is 6.54 Å². The van der Waals surface area contributed by atoms with Gasteiger partial charge in [-0.05, 0) is 17.7 Å². The number of rotatable bonds is 5. The molecule has 0 spiro atoms. The molecule has 1 aromatic heterocycles. The summed E-state index contributed by atoms with van der Waals surface area (Å²) >= 11 is 0. The van der Waals surface area contributed by atoms with Crippen LogP contribution in [0.2, 0.25) is 0 Å². The molecular weight excluding hydrogens is 285 g/mol. The summed E-state index contributed by atoms with van der Waals surface area (Å²) in [6.07, 6.45) is 1.44. The Bertz CT molecular complexity index is 713. The third kappa shape index (κ3) is 3.18. The molecule has 0 atom stereocenters. The van der Waals surface area contributed by atoms with Gasteiger partial charge in [-0.15, -0.1) is 0 Å². The summed E-state index contributed by atoms with van der Waals surface area (Å²) in [7, 11) is -2.30. The lowest BCUT2D eigenvalue weighted by Gasteiger charge is -2.07. The van der Waals surface area contributed by atoms with Crippen LogP contribution in [-0.4, -0.2) is 23.2 Å². The maximum Gasteiger partial charge on any atom is 0.243 e. The molecule has 0 aliphatic rings. The molecule has 0 aliphatic carbocycles. The summed E-state index contributed by atoms with van der Waals surface area (Å²) in [5.41, 5.74) is 5.89. The second kappa shape index (κ2) is 5.65. The number of halogens is 1. The highest BCUT2D eigenvalue weighted by Gasteiger charge is 2.19. The maximum atomic E-state index is 13.8. The third-order valence-corrected chi connectivity index (χ3v) is 4.02. The van der Waals surface area contributed by atoms with Gasteiger partial charge in [0.1, 0.15) is 17.0 Å². The second-order valence-corrected chi connectivity index (χ2v) is 5.86. The maximum absolute atomic E-state index is 13.8. The van der Waals surface area contributed by atoms with E-state index in [-0.39, 0.29) is 13.1 Å². The number of benzene rings is 1. The Morgan fingerprint density at radius 2 is 2.20 bits per heavy atom. The van der Waals surface area contributed by atoms with Crippen LogP contribution in [0.1, 0.15) is 11.4 Å². The van der Waals surface area contributed by atoms with Crippen molar-refractivity contribution >= 4 is 10.0 Å². The number of nitrogens with zero attached hydrogens (tertiary/aromatic N) is 3. The molecule has 9 heteroatoms. The largest absolute Gasteiger partial charge is 0.326 e. The minimum Gasteiger partial charge on any atom is -0.326 e. The van der Waals surface area contributed by atoms with Gasteiger partial charge in [0.15, 0.2) is 5.82 Å². The quantitative estimate of drug-likeness (QED) is 0.802. The zero-order valence-corrected chi connectivity index (χ0v) is 11.6. The molecule has 108 valence electrons. The molecule has 3 N–H and O–H groups in total. The lowest BCUT2D eigenvalue weighted by molar-refractivity contribution is 0.554. The Morgan fingerprint density at radius 3 is 2.75 bits per heavy atom. The van der Waals surface area contributed by atoms with Gasteiger partial charge in [0.2, 0.25) is 10.0 Å². The Hall–Kier alpha value is -1.84. The Labute approximate surface area is 115 Å². The molecule has 1 heterocycles. The van der Waals surface area contributed by atoms with Crippen LogP contribution in [0.15, 0.2) is 29.4 Å². The van der Waals surface area contributed by atoms with E-state index >= 15 is 0 Å². The summed E-state index contributed by atoms with van der Waals surface area (Å²) < 4.78 is 41.4. The van der Waals surface area contributed by atoms with Crippen LogP contribution in [0.5, 0.6) is 0 Å². The van der Waals surface area contributed by atoms with Gasteiger partial charge >= 0.3 is 0 Å². The van der Waals surface area contributed by atoms with Crippen molar-refractivity contribution in [3.63, 3.8) is 0 Å². The molecule has 0 aliphatic heterocycles. The average molecular weight is 299 g/mol. The molecule has 0 fully saturated rings. The standard InChI is InChI=1S/C11H14FN5O2S/c1-17-7-14-11(16-17)6-15-20(18,19)10-3-2-8(5-13)4-9(10)12/h2-4,7,15H,5-6,13H2,1H3. The van der Waals surface area contributed by atoms with E-state index in [1.54, 1.807) is 7.05 Å². The van der Waals surface area contributed by atoms with Crippen molar-refractivity contribution < 1.29 is 12.8 Å². The van der Waals surface area contributed by atoms with Crippen LogP contribution in [0.25, 0.3) is 0 Å². The van der Waals surface area contributed by atoms with E-state index in [2.05, 4.69) is 14.8 Å². The lowest BCUT2D eigenvalue weighted by Crippen LogP contribution is -2.25. The van der Waals surface area contributed by atoms with E-state index in [0.29, 0.717) is 11.4 Å². The van der Waals surface area contributed by atoms with Crippen LogP contribution in [0, 0.1) is 5.82 Å². The molecule has 2 rings (SSSR count). The number of nitrogens with two attached hydrogens (primary N) is 1. The first-order valence-corrected chi connectivity index (χ1v) is 7.23. The van der Waals surface area contributed by atoms with Crippen LogP contribution in [0.4, 0.5) is 4.39 Å². The van der Waals surface area contributed by atoms with Crippen molar-refractivity contribution in [1.82, 2.24) is 19.5 Å². The van der Waals surface area contributed by atoms with Crippen LogP contribution >= 0.6 is 0 Å². The molecule has 0 bridgehead atoms. The number of aryl methyl sites for hydroxylation is 1. The molecule has 0 unspecified atom stereocenters. The molecule has 2 aromatic rings. The number of sulfonamides is 1. The fourth-order valence-electron chi connectivity index (χ4n) is 1.59. The van der Waals surface area contributed by atoms with Crippen molar-refractivity contribution in [3.05, 3.63) is 41.7 Å². The fraction of sp³-hybridized carbons (Fsp3) is 0.273. The highest BCUT2D eigenvalue weighted by atomic mass is 32.2. The highest BCUT2D eigenvalue weighted by Crippen LogP contribution is 2.16. The van der Waals surface area contributed by atoms with E-state index in [9.17, 15) is 12.8 Å². The number of hydrogen-bond acceptors (Lipinski definition) is 5. The molecule has 0 amide bonds. The van der Waals surface area contributed by atoms with Gasteiger partial charge in [-0.25, -0.2) is 22.5 Å². The van der Waals surface area contributed by atoms with E-state index in [1.165, 1.54) is 23.1 Å². The van der Waals surface area contributed by atoms with Crippen LogP contribution in [-0.2, 0) is 30.2 Å². The Kier molecular flexibility index (Phi) is 4.12. The summed E-state index contributed by atoms with van der Waals surface area (Å²) in [5, 5.41) is 3.93. The van der Waals surface area contributed by atoms with Crippen molar-refractivity contribution in [1.29, 1.82) is 0 Å². The predicted molar refractivity (Wildman–Crippen MR) is 69.3 cm³/mol. The van der Waals surface area contributed by atoms with Gasteiger partial charge < -0.3 is 5.73 Å². The highest BCUT2D eigenvalue weighted by molar-refractivity contribution is 7.89. The normalized spacial score (nSPS) is 11.8. The van der Waals surface area contributed by atoms with Gasteiger partial charge in [-0.3, -0.25) is 4.68 Å². The van der Waals surface area contributed by atoms with E-state index in [1.807, 2.05) is 0 Å². The first-order chi connectivity index (χ1) is 9.42. The topological polar surface area (TPSA) is 103 Å². The molecule has 20 heavy (non-hydrogen) atoms. The zero-order valence-electron chi connectivity index (χ0n) is 10.7. The van der Waals surface area contributed by atoms with Crippen molar-refractivity contribution in [3.8, 4) is 0 Å². The predicted octanol–water partition coefficient (Wildman–Crippen LogP) is -0.109. The van der Waals surface area contributed by atoms with Gasteiger partial charge in [0.25, 0.3) is 0 Å². The molecular formula is C11H14FN5O2S. The summed E-state index contributed by atoms with van der Waals surface area (Å²) in [5.74, 6) is -0.538. The fourth-order valence-corrected chi connectivity index (χ4v) is 2.63. The van der Waals surface area contributed by atoms with Crippen LogP contribution in [0.3, 0.4) is 0 Å². The monoisotopic (exact) mass is 299 g/mol. The zero-order chi connectivity index (χ0) is 14.8. The summed E-state index contributed by atoms with van der Waals surface area (Å²) in [6, 6.07) is 3.76. The Morgan fingerprint density at radius 1 is 1.45 bits per heavy atom. The minimum atomic E-state index is -3.96. The van der Waals surface area contributed by atoms with Gasteiger partial charge in [-0.2, -0.15) is 5.10 Å².